The first kappa shape index (κ1) is 12.0. The second kappa shape index (κ2) is 5.25. The Morgan fingerprint density at radius 3 is 3.00 bits per heavy atom. The van der Waals surface area contributed by atoms with Gasteiger partial charge in [0, 0.05) is 39.2 Å². The molecule has 0 aliphatic carbocycles. The minimum Gasteiger partial charge on any atom is -0.255 e. The van der Waals surface area contributed by atoms with Crippen molar-refractivity contribution in [2.24, 2.45) is 0 Å². The molecule has 1 unspecified atom stereocenters. The maximum atomic E-state index is 10.9. The molecule has 0 bridgehead atoms. The Labute approximate surface area is 106 Å². The van der Waals surface area contributed by atoms with Crippen LogP contribution < -0.4 is 0 Å². The summed E-state index contributed by atoms with van der Waals surface area (Å²) in [6.07, 6.45) is 4.75. The molecule has 0 saturated heterocycles. The first-order valence-electron chi connectivity index (χ1n) is 4.83. The molecule has 0 aliphatic heterocycles. The van der Waals surface area contributed by atoms with E-state index in [0.717, 1.165) is 5.56 Å². The van der Waals surface area contributed by atoms with Crippen LogP contribution in [0.15, 0.2) is 36.0 Å². The highest BCUT2D eigenvalue weighted by atomic mass is 35.5. The van der Waals surface area contributed by atoms with Crippen molar-refractivity contribution in [3.8, 4) is 11.4 Å². The quantitative estimate of drug-likeness (QED) is 0.858. The molecule has 2 rings (SSSR count). The van der Waals surface area contributed by atoms with Crippen molar-refractivity contribution >= 4 is 28.6 Å². The third kappa shape index (κ3) is 3.25. The standard InChI is InChI=1S/C11H10ClN3OS/c1-17(16)6-5-15-8-13-11(14-15)9-3-2-4-10(12)7-9/h2-8H,1H3/b6-5-. The zero-order valence-electron chi connectivity index (χ0n) is 9.08. The highest BCUT2D eigenvalue weighted by Crippen LogP contribution is 2.18. The zero-order chi connectivity index (χ0) is 12.3. The maximum Gasteiger partial charge on any atom is 0.181 e. The molecule has 88 valence electrons. The molecular formula is C11H10ClN3OS. The van der Waals surface area contributed by atoms with Crippen LogP contribution in [0.5, 0.6) is 0 Å². The van der Waals surface area contributed by atoms with E-state index in [1.165, 1.54) is 10.1 Å². The van der Waals surface area contributed by atoms with E-state index in [1.807, 2.05) is 12.1 Å². The second-order valence-electron chi connectivity index (χ2n) is 3.34. The Bertz CT molecular complexity index is 580. The van der Waals surface area contributed by atoms with E-state index < -0.39 is 10.8 Å². The van der Waals surface area contributed by atoms with E-state index in [-0.39, 0.29) is 0 Å². The monoisotopic (exact) mass is 267 g/mol. The topological polar surface area (TPSA) is 47.8 Å². The molecule has 0 spiro atoms. The number of hydrogen-bond donors (Lipinski definition) is 0. The van der Waals surface area contributed by atoms with Crippen LogP contribution in [-0.2, 0) is 10.8 Å². The summed E-state index contributed by atoms with van der Waals surface area (Å²) in [5.74, 6) is 0.582. The van der Waals surface area contributed by atoms with Gasteiger partial charge in [-0.05, 0) is 12.1 Å². The Morgan fingerprint density at radius 1 is 1.47 bits per heavy atom. The summed E-state index contributed by atoms with van der Waals surface area (Å²) in [6, 6.07) is 7.31. The van der Waals surface area contributed by atoms with E-state index in [2.05, 4.69) is 10.1 Å². The van der Waals surface area contributed by atoms with E-state index in [1.54, 1.807) is 30.9 Å². The van der Waals surface area contributed by atoms with Crippen molar-refractivity contribution < 1.29 is 4.21 Å². The lowest BCUT2D eigenvalue weighted by Gasteiger charge is -1.95. The fraction of sp³-hybridized carbons (Fsp3) is 0.0909. The Balaban J connectivity index is 2.27. The van der Waals surface area contributed by atoms with Crippen LogP contribution in [0.4, 0.5) is 0 Å². The van der Waals surface area contributed by atoms with Crippen molar-refractivity contribution in [3.05, 3.63) is 41.0 Å². The number of benzene rings is 1. The molecule has 0 saturated carbocycles. The lowest BCUT2D eigenvalue weighted by molar-refractivity contribution is 0.691. The number of rotatable bonds is 3. The molecule has 1 heterocycles. The predicted octanol–water partition coefficient (Wildman–Crippen LogP) is 2.41. The van der Waals surface area contributed by atoms with Crippen molar-refractivity contribution in [2.45, 2.75) is 0 Å². The van der Waals surface area contributed by atoms with Crippen LogP contribution >= 0.6 is 11.6 Å². The first-order valence-corrected chi connectivity index (χ1v) is 6.83. The van der Waals surface area contributed by atoms with Gasteiger partial charge in [0.2, 0.25) is 0 Å². The lowest BCUT2D eigenvalue weighted by atomic mass is 10.2. The Hall–Kier alpha value is -1.46. The summed E-state index contributed by atoms with van der Waals surface area (Å²) >= 11 is 5.89. The van der Waals surface area contributed by atoms with Gasteiger partial charge in [-0.2, -0.15) is 0 Å². The van der Waals surface area contributed by atoms with Gasteiger partial charge in [-0.15, -0.1) is 5.10 Å². The minimum atomic E-state index is -0.995. The average molecular weight is 268 g/mol. The summed E-state index contributed by atoms with van der Waals surface area (Å²) in [6.45, 7) is 0. The molecule has 0 aliphatic rings. The van der Waals surface area contributed by atoms with Gasteiger partial charge in [0.1, 0.15) is 6.33 Å². The molecule has 1 aromatic heterocycles. The van der Waals surface area contributed by atoms with Crippen molar-refractivity contribution in [1.82, 2.24) is 14.8 Å². The molecule has 0 N–H and O–H groups in total. The van der Waals surface area contributed by atoms with Crippen LogP contribution in [0.25, 0.3) is 17.6 Å². The van der Waals surface area contributed by atoms with Gasteiger partial charge in [-0.25, -0.2) is 9.67 Å². The molecule has 1 atom stereocenters. The highest BCUT2D eigenvalue weighted by Gasteiger charge is 2.03. The van der Waals surface area contributed by atoms with E-state index in [4.69, 9.17) is 11.6 Å². The van der Waals surface area contributed by atoms with Crippen LogP contribution in [-0.4, -0.2) is 25.2 Å². The third-order valence-corrected chi connectivity index (χ3v) is 2.74. The van der Waals surface area contributed by atoms with E-state index in [9.17, 15) is 4.21 Å². The van der Waals surface area contributed by atoms with Gasteiger partial charge in [0.15, 0.2) is 5.82 Å². The summed E-state index contributed by atoms with van der Waals surface area (Å²) in [4.78, 5) is 4.15. The van der Waals surface area contributed by atoms with Gasteiger partial charge in [0.25, 0.3) is 0 Å². The molecule has 0 radical (unpaired) electrons. The van der Waals surface area contributed by atoms with E-state index >= 15 is 0 Å². The SMILES string of the molecule is CS(=O)/C=C\n1cnc(-c2cccc(Cl)c2)n1. The lowest BCUT2D eigenvalue weighted by Crippen LogP contribution is -1.88. The fourth-order valence-corrected chi connectivity index (χ4v) is 1.74. The number of hydrogen-bond acceptors (Lipinski definition) is 3. The molecule has 0 fully saturated rings. The second-order valence-corrected chi connectivity index (χ2v) is 5.05. The van der Waals surface area contributed by atoms with Gasteiger partial charge >= 0.3 is 0 Å². The van der Waals surface area contributed by atoms with Crippen LogP contribution in [0, 0.1) is 0 Å². The van der Waals surface area contributed by atoms with Gasteiger partial charge in [0.05, 0.1) is 0 Å². The Kier molecular flexibility index (Phi) is 3.71. The molecule has 1 aromatic carbocycles. The normalized spacial score (nSPS) is 13.1. The number of nitrogens with zero attached hydrogens (tertiary/aromatic N) is 3. The molecular weight excluding hydrogens is 258 g/mol. The number of aromatic nitrogens is 3. The van der Waals surface area contributed by atoms with E-state index in [0.29, 0.717) is 10.8 Å². The molecule has 0 amide bonds. The molecule has 6 heteroatoms. The van der Waals surface area contributed by atoms with Crippen molar-refractivity contribution in [2.75, 3.05) is 6.26 Å². The summed E-state index contributed by atoms with van der Waals surface area (Å²) in [7, 11) is -0.995. The molecule has 4 nitrogen and oxygen atoms in total. The van der Waals surface area contributed by atoms with Crippen molar-refractivity contribution in [1.29, 1.82) is 0 Å². The fourth-order valence-electron chi connectivity index (χ4n) is 1.25. The predicted molar refractivity (Wildman–Crippen MR) is 69.9 cm³/mol. The van der Waals surface area contributed by atoms with Crippen molar-refractivity contribution in [3.63, 3.8) is 0 Å². The average Bonchev–Trinajstić information content (AvgIpc) is 2.75. The van der Waals surface area contributed by atoms with Crippen LogP contribution in [0.3, 0.4) is 0 Å². The summed E-state index contributed by atoms with van der Waals surface area (Å²) in [5, 5.41) is 6.40. The van der Waals surface area contributed by atoms with Gasteiger partial charge in [-0.1, -0.05) is 23.7 Å². The largest absolute Gasteiger partial charge is 0.255 e. The maximum absolute atomic E-state index is 10.9. The van der Waals surface area contributed by atoms with Crippen LogP contribution in [0.2, 0.25) is 5.02 Å². The summed E-state index contributed by atoms with van der Waals surface area (Å²) < 4.78 is 12.4. The third-order valence-electron chi connectivity index (χ3n) is 2.00. The number of halogens is 1. The van der Waals surface area contributed by atoms with Gasteiger partial charge < -0.3 is 0 Å². The first-order chi connectivity index (χ1) is 8.15. The molecule has 17 heavy (non-hydrogen) atoms. The summed E-state index contributed by atoms with van der Waals surface area (Å²) in [5.41, 5.74) is 0.849. The smallest absolute Gasteiger partial charge is 0.181 e. The van der Waals surface area contributed by atoms with Crippen LogP contribution in [0.1, 0.15) is 0 Å². The minimum absolute atomic E-state index is 0.582. The highest BCUT2D eigenvalue weighted by molar-refractivity contribution is 7.87. The Morgan fingerprint density at radius 2 is 2.29 bits per heavy atom. The van der Waals surface area contributed by atoms with Gasteiger partial charge in [-0.3, -0.25) is 4.21 Å². The molecule has 2 aromatic rings. The zero-order valence-corrected chi connectivity index (χ0v) is 10.6.